The van der Waals surface area contributed by atoms with E-state index in [1.807, 2.05) is 0 Å². The monoisotopic (exact) mass is 291 g/mol. The molecule has 0 heterocycles. The Morgan fingerprint density at radius 3 is 2.63 bits per heavy atom. The number of benzene rings is 1. The van der Waals surface area contributed by atoms with Crippen molar-refractivity contribution in [2.24, 2.45) is 0 Å². The number of hydrogen-bond acceptors (Lipinski definition) is 2. The molecule has 0 fully saturated rings. The Bertz CT molecular complexity index is 415. The molecule has 0 saturated heterocycles. The molecule has 19 heavy (non-hydrogen) atoms. The number of carbonyl (C=O) groups excluding carboxylic acids is 1. The highest BCUT2D eigenvalue weighted by molar-refractivity contribution is 6.31. The number of nitrogens with zero attached hydrogens (tertiary/aromatic N) is 1. The molecule has 0 aromatic heterocycles. The molecule has 6 heteroatoms. The maximum atomic E-state index is 12.3. The van der Waals surface area contributed by atoms with Gasteiger partial charge in [-0.05, 0) is 18.1 Å². The second-order valence-corrected chi connectivity index (χ2v) is 4.45. The molecule has 0 radical (unpaired) electrons. The van der Waals surface area contributed by atoms with Crippen molar-refractivity contribution < 1.29 is 18.7 Å². The highest BCUT2D eigenvalue weighted by Crippen LogP contribution is 2.17. The van der Waals surface area contributed by atoms with Crippen LogP contribution in [0.25, 0.3) is 0 Å². The molecule has 106 valence electrons. The zero-order chi connectivity index (χ0) is 14.3. The van der Waals surface area contributed by atoms with Gasteiger partial charge in [-0.1, -0.05) is 29.8 Å². The highest BCUT2D eigenvalue weighted by Gasteiger charge is 2.17. The molecule has 0 atom stereocenters. The van der Waals surface area contributed by atoms with Crippen LogP contribution >= 0.6 is 11.6 Å². The molecule has 0 bridgehead atoms. The maximum Gasteiger partial charge on any atom is 0.255 e. The van der Waals surface area contributed by atoms with Gasteiger partial charge in [-0.2, -0.15) is 0 Å². The molecule has 0 spiro atoms. The topological polar surface area (TPSA) is 40.5 Å². The summed E-state index contributed by atoms with van der Waals surface area (Å²) >= 11 is 5.95. The predicted octanol–water partition coefficient (Wildman–Crippen LogP) is 2.36. The Morgan fingerprint density at radius 1 is 1.37 bits per heavy atom. The van der Waals surface area contributed by atoms with E-state index in [1.165, 1.54) is 0 Å². The summed E-state index contributed by atoms with van der Waals surface area (Å²) in [4.78, 5) is 12.8. The van der Waals surface area contributed by atoms with Crippen LogP contribution in [0, 0.1) is 0 Å². The quantitative estimate of drug-likeness (QED) is 0.838. The van der Waals surface area contributed by atoms with E-state index in [0.717, 1.165) is 10.5 Å². The molecule has 0 aliphatic heterocycles. The minimum absolute atomic E-state index is 0.0777. The first-order chi connectivity index (χ1) is 9.04. The molecule has 1 N–H and O–H groups in total. The Labute approximate surface area is 115 Å². The standard InChI is InChI=1S/C13H16ClF2NO2/c14-11-4-2-1-3-10(11)5-6-13(19)17(7-8-18)9-12(15)16/h1-4,12,18H,5-9H2. The SMILES string of the molecule is O=C(CCc1ccccc1Cl)N(CCO)CC(F)F. The summed E-state index contributed by atoms with van der Waals surface area (Å²) in [6.07, 6.45) is -2.11. The number of halogens is 3. The lowest BCUT2D eigenvalue weighted by atomic mass is 10.1. The van der Waals surface area contributed by atoms with E-state index >= 15 is 0 Å². The fourth-order valence-corrected chi connectivity index (χ4v) is 1.94. The van der Waals surface area contributed by atoms with E-state index in [4.69, 9.17) is 16.7 Å². The van der Waals surface area contributed by atoms with Crippen LogP contribution < -0.4 is 0 Å². The van der Waals surface area contributed by atoms with Gasteiger partial charge < -0.3 is 10.0 Å². The molecular formula is C13H16ClF2NO2. The largest absolute Gasteiger partial charge is 0.395 e. The molecule has 1 amide bonds. The fraction of sp³-hybridized carbons (Fsp3) is 0.462. The van der Waals surface area contributed by atoms with Crippen molar-refractivity contribution in [3.05, 3.63) is 34.9 Å². The van der Waals surface area contributed by atoms with Gasteiger partial charge in [0.2, 0.25) is 5.91 Å². The summed E-state index contributed by atoms with van der Waals surface area (Å²) < 4.78 is 24.6. The summed E-state index contributed by atoms with van der Waals surface area (Å²) in [5, 5.41) is 9.32. The molecule has 0 aliphatic rings. The van der Waals surface area contributed by atoms with Crippen LogP contribution in [-0.4, -0.2) is 42.0 Å². The van der Waals surface area contributed by atoms with Crippen molar-refractivity contribution in [1.82, 2.24) is 4.90 Å². The molecular weight excluding hydrogens is 276 g/mol. The van der Waals surface area contributed by atoms with Crippen molar-refractivity contribution in [2.75, 3.05) is 19.7 Å². The lowest BCUT2D eigenvalue weighted by Crippen LogP contribution is -2.37. The number of rotatable bonds is 7. The van der Waals surface area contributed by atoms with E-state index in [0.29, 0.717) is 11.4 Å². The Balaban J connectivity index is 2.55. The van der Waals surface area contributed by atoms with Gasteiger partial charge in [-0.3, -0.25) is 4.79 Å². The first-order valence-corrected chi connectivity index (χ1v) is 6.32. The summed E-state index contributed by atoms with van der Waals surface area (Å²) in [7, 11) is 0. The van der Waals surface area contributed by atoms with Crippen LogP contribution in [0.1, 0.15) is 12.0 Å². The summed E-state index contributed by atoms with van der Waals surface area (Å²) in [6.45, 7) is -1.06. The normalized spacial score (nSPS) is 10.8. The van der Waals surface area contributed by atoms with Crippen LogP contribution in [0.2, 0.25) is 5.02 Å². The van der Waals surface area contributed by atoms with Crippen molar-refractivity contribution >= 4 is 17.5 Å². The first kappa shape index (κ1) is 15.9. The van der Waals surface area contributed by atoms with Crippen LogP contribution in [-0.2, 0) is 11.2 Å². The molecule has 3 nitrogen and oxygen atoms in total. The van der Waals surface area contributed by atoms with E-state index < -0.39 is 18.9 Å². The second-order valence-electron chi connectivity index (χ2n) is 4.05. The first-order valence-electron chi connectivity index (χ1n) is 5.94. The fourth-order valence-electron chi connectivity index (χ4n) is 1.71. The number of hydrogen-bond donors (Lipinski definition) is 1. The molecule has 0 aliphatic carbocycles. The Kier molecular flexibility index (Phi) is 6.73. The third-order valence-corrected chi connectivity index (χ3v) is 3.02. The van der Waals surface area contributed by atoms with Gasteiger partial charge in [0.05, 0.1) is 13.2 Å². The number of aliphatic hydroxyl groups excluding tert-OH is 1. The number of amides is 1. The van der Waals surface area contributed by atoms with Gasteiger partial charge in [-0.25, -0.2) is 8.78 Å². The second kappa shape index (κ2) is 8.07. The highest BCUT2D eigenvalue weighted by atomic mass is 35.5. The average molecular weight is 292 g/mol. The summed E-state index contributed by atoms with van der Waals surface area (Å²) in [6, 6.07) is 7.09. The average Bonchev–Trinajstić information content (AvgIpc) is 2.36. The molecule has 0 unspecified atom stereocenters. The van der Waals surface area contributed by atoms with Gasteiger partial charge in [-0.15, -0.1) is 0 Å². The van der Waals surface area contributed by atoms with Gasteiger partial charge >= 0.3 is 0 Å². The summed E-state index contributed by atoms with van der Waals surface area (Å²) in [5.74, 6) is -0.408. The van der Waals surface area contributed by atoms with Crippen LogP contribution in [0.3, 0.4) is 0 Å². The minimum Gasteiger partial charge on any atom is -0.395 e. The van der Waals surface area contributed by atoms with Gasteiger partial charge in [0.1, 0.15) is 0 Å². The van der Waals surface area contributed by atoms with E-state index in [9.17, 15) is 13.6 Å². The van der Waals surface area contributed by atoms with Crippen molar-refractivity contribution in [1.29, 1.82) is 0 Å². The number of alkyl halides is 2. The van der Waals surface area contributed by atoms with E-state index in [2.05, 4.69) is 0 Å². The summed E-state index contributed by atoms with van der Waals surface area (Å²) in [5.41, 5.74) is 0.804. The smallest absolute Gasteiger partial charge is 0.255 e. The van der Waals surface area contributed by atoms with Crippen LogP contribution in [0.5, 0.6) is 0 Å². The third-order valence-electron chi connectivity index (χ3n) is 2.65. The van der Waals surface area contributed by atoms with Crippen molar-refractivity contribution in [3.8, 4) is 0 Å². The minimum atomic E-state index is -2.60. The number of aryl methyl sites for hydroxylation is 1. The zero-order valence-electron chi connectivity index (χ0n) is 10.4. The van der Waals surface area contributed by atoms with E-state index in [-0.39, 0.29) is 19.6 Å². The predicted molar refractivity (Wildman–Crippen MR) is 69.4 cm³/mol. The number of carbonyl (C=O) groups is 1. The van der Waals surface area contributed by atoms with Crippen molar-refractivity contribution in [2.45, 2.75) is 19.3 Å². The molecule has 0 saturated carbocycles. The van der Waals surface area contributed by atoms with Crippen LogP contribution in [0.4, 0.5) is 8.78 Å². The van der Waals surface area contributed by atoms with Crippen molar-refractivity contribution in [3.63, 3.8) is 0 Å². The number of aliphatic hydroxyl groups is 1. The van der Waals surface area contributed by atoms with Gasteiger partial charge in [0.25, 0.3) is 6.43 Å². The zero-order valence-corrected chi connectivity index (χ0v) is 11.1. The molecule has 1 aromatic carbocycles. The third kappa shape index (κ3) is 5.53. The molecule has 1 aromatic rings. The Morgan fingerprint density at radius 2 is 2.05 bits per heavy atom. The van der Waals surface area contributed by atoms with E-state index in [1.54, 1.807) is 24.3 Å². The molecule has 1 rings (SSSR count). The maximum absolute atomic E-state index is 12.3. The lowest BCUT2D eigenvalue weighted by molar-refractivity contribution is -0.133. The van der Waals surface area contributed by atoms with Gasteiger partial charge in [0.15, 0.2) is 0 Å². The van der Waals surface area contributed by atoms with Crippen LogP contribution in [0.15, 0.2) is 24.3 Å². The van der Waals surface area contributed by atoms with Gasteiger partial charge in [0, 0.05) is 18.0 Å². The Hall–Kier alpha value is -1.20. The lowest BCUT2D eigenvalue weighted by Gasteiger charge is -2.21.